The summed E-state index contributed by atoms with van der Waals surface area (Å²) in [5, 5.41) is 5.82. The molecule has 1 atom stereocenters. The van der Waals surface area contributed by atoms with Gasteiger partial charge < -0.3 is 29.3 Å². The number of nitrogens with one attached hydrogen (secondary N) is 2. The van der Waals surface area contributed by atoms with Gasteiger partial charge in [-0.05, 0) is 25.8 Å². The molecule has 0 bridgehead atoms. The van der Waals surface area contributed by atoms with E-state index in [1.807, 2.05) is 30.3 Å². The maximum Gasteiger partial charge on any atom is 0.408 e. The van der Waals surface area contributed by atoms with Crippen molar-refractivity contribution in [2.24, 2.45) is 0 Å². The van der Waals surface area contributed by atoms with Crippen molar-refractivity contribution < 1.29 is 27.9 Å². The van der Waals surface area contributed by atoms with Crippen molar-refractivity contribution in [3.8, 4) is 0 Å². The van der Waals surface area contributed by atoms with Crippen LogP contribution in [-0.4, -0.2) is 68.5 Å². The van der Waals surface area contributed by atoms with Gasteiger partial charge >= 0.3 is 13.7 Å². The van der Waals surface area contributed by atoms with Gasteiger partial charge in [0.2, 0.25) is 5.91 Å². The fourth-order valence-electron chi connectivity index (χ4n) is 3.12. The number of benzene rings is 1. The molecule has 0 aliphatic carbocycles. The number of carbonyl (C=O) groups excluding carboxylic acids is 2. The molecule has 1 aliphatic rings. The quantitative estimate of drug-likeness (QED) is 0.508. The van der Waals surface area contributed by atoms with Crippen LogP contribution in [0.15, 0.2) is 30.3 Å². The Bertz CT molecular complexity index is 702. The highest BCUT2D eigenvalue weighted by molar-refractivity contribution is 7.53. The molecule has 30 heavy (non-hydrogen) atoms. The second-order valence-electron chi connectivity index (χ2n) is 6.79. The zero-order chi connectivity index (χ0) is 21.8. The molecule has 9 nitrogen and oxygen atoms in total. The molecule has 2 amide bonds. The number of ether oxygens (including phenoxy) is 1. The molecule has 1 saturated heterocycles. The second kappa shape index (κ2) is 12.7. The lowest BCUT2D eigenvalue weighted by atomic mass is 10.2. The third-order valence-electron chi connectivity index (χ3n) is 4.57. The van der Waals surface area contributed by atoms with Crippen molar-refractivity contribution in [1.82, 2.24) is 15.5 Å². The van der Waals surface area contributed by atoms with E-state index in [0.29, 0.717) is 26.2 Å². The molecule has 10 heteroatoms. The molecule has 0 unspecified atom stereocenters. The number of hydrogen-bond donors (Lipinski definition) is 2. The molecule has 1 aromatic rings. The molecule has 1 aliphatic heterocycles. The van der Waals surface area contributed by atoms with Crippen LogP contribution in [0.4, 0.5) is 4.79 Å². The van der Waals surface area contributed by atoms with E-state index < -0.39 is 19.7 Å². The Balaban J connectivity index is 2.01. The predicted octanol–water partition coefficient (Wildman–Crippen LogP) is 2.37. The van der Waals surface area contributed by atoms with E-state index in [9.17, 15) is 14.2 Å². The fourth-order valence-corrected chi connectivity index (χ4v) is 4.81. The van der Waals surface area contributed by atoms with E-state index in [1.54, 1.807) is 18.7 Å². The van der Waals surface area contributed by atoms with E-state index in [2.05, 4.69) is 10.6 Å². The molecule has 2 rings (SSSR count). The first-order chi connectivity index (χ1) is 14.5. The second-order valence-corrected chi connectivity index (χ2v) is 8.98. The summed E-state index contributed by atoms with van der Waals surface area (Å²) >= 11 is 0. The first-order valence-corrected chi connectivity index (χ1v) is 12.0. The number of alkyl carbamates (subject to hydrolysis) is 1. The molecule has 0 spiro atoms. The Morgan fingerprint density at radius 2 is 1.77 bits per heavy atom. The summed E-state index contributed by atoms with van der Waals surface area (Å²) in [7, 11) is -3.33. The summed E-state index contributed by atoms with van der Waals surface area (Å²) in [6.07, 6.45) is -0.550. The lowest BCUT2D eigenvalue weighted by molar-refractivity contribution is -0.134. The Labute approximate surface area is 178 Å². The van der Waals surface area contributed by atoms with E-state index >= 15 is 0 Å². The van der Waals surface area contributed by atoms with Crippen molar-refractivity contribution in [1.29, 1.82) is 0 Å². The zero-order valence-corrected chi connectivity index (χ0v) is 18.6. The van der Waals surface area contributed by atoms with Gasteiger partial charge in [0, 0.05) is 26.2 Å². The van der Waals surface area contributed by atoms with Crippen molar-refractivity contribution in [3.63, 3.8) is 0 Å². The first-order valence-electron chi connectivity index (χ1n) is 10.3. The van der Waals surface area contributed by atoms with Crippen molar-refractivity contribution in [2.75, 3.05) is 45.6 Å². The van der Waals surface area contributed by atoms with Crippen molar-refractivity contribution in [3.05, 3.63) is 35.9 Å². The van der Waals surface area contributed by atoms with Gasteiger partial charge in [-0.2, -0.15) is 0 Å². The highest BCUT2D eigenvalue weighted by Crippen LogP contribution is 2.48. The molecule has 1 fully saturated rings. The summed E-state index contributed by atoms with van der Waals surface area (Å²) in [6.45, 7) is 6.50. The van der Waals surface area contributed by atoms with Gasteiger partial charge in [-0.15, -0.1) is 0 Å². The summed E-state index contributed by atoms with van der Waals surface area (Å²) < 4.78 is 28.7. The minimum atomic E-state index is -3.33. The SMILES string of the molecule is CCOP(=O)(CC[C@@H](NC(=O)OCc1ccccc1)C(=O)N1CCNCC1)OCC. The fraction of sp³-hybridized carbons (Fsp3) is 0.600. The van der Waals surface area contributed by atoms with Crippen LogP contribution in [0.2, 0.25) is 0 Å². The smallest absolute Gasteiger partial charge is 0.408 e. The molecule has 0 saturated carbocycles. The van der Waals surface area contributed by atoms with Gasteiger partial charge in [0.05, 0.1) is 19.4 Å². The zero-order valence-electron chi connectivity index (χ0n) is 17.7. The van der Waals surface area contributed by atoms with Gasteiger partial charge in [0.1, 0.15) is 12.6 Å². The van der Waals surface area contributed by atoms with Crippen LogP contribution in [0.3, 0.4) is 0 Å². The monoisotopic (exact) mass is 441 g/mol. The normalized spacial score (nSPS) is 15.5. The van der Waals surface area contributed by atoms with E-state index in [4.69, 9.17) is 13.8 Å². The number of hydrogen-bond acceptors (Lipinski definition) is 7. The number of piperazine rings is 1. The highest BCUT2D eigenvalue weighted by Gasteiger charge is 2.32. The van der Waals surface area contributed by atoms with E-state index in [1.165, 1.54) is 0 Å². The Morgan fingerprint density at radius 3 is 2.37 bits per heavy atom. The van der Waals surface area contributed by atoms with E-state index in [-0.39, 0.29) is 38.3 Å². The minimum absolute atomic E-state index is 0.0240. The van der Waals surface area contributed by atoms with Crippen molar-refractivity contribution in [2.45, 2.75) is 32.9 Å². The molecular weight excluding hydrogens is 409 g/mol. The van der Waals surface area contributed by atoms with Crippen LogP contribution >= 0.6 is 7.60 Å². The average molecular weight is 441 g/mol. The first kappa shape index (κ1) is 24.3. The summed E-state index contributed by atoms with van der Waals surface area (Å²) in [5.74, 6) is -0.229. The summed E-state index contributed by atoms with van der Waals surface area (Å²) in [6, 6.07) is 8.40. The minimum Gasteiger partial charge on any atom is -0.445 e. The predicted molar refractivity (Wildman–Crippen MR) is 113 cm³/mol. The molecule has 2 N–H and O–H groups in total. The Morgan fingerprint density at radius 1 is 1.13 bits per heavy atom. The standard InChI is InChI=1S/C20H32N3O6P/c1-3-28-30(26,29-4-2)15-10-18(19(24)23-13-11-21-12-14-23)22-20(25)27-16-17-8-6-5-7-9-17/h5-9,18,21H,3-4,10-16H2,1-2H3,(H,22,25)/t18-/m1/s1. The lowest BCUT2D eigenvalue weighted by Crippen LogP contribution is -2.54. The van der Waals surface area contributed by atoms with Crippen LogP contribution < -0.4 is 10.6 Å². The number of nitrogens with zero attached hydrogens (tertiary/aromatic N) is 1. The maximum atomic E-state index is 13.0. The number of carbonyl (C=O) groups is 2. The van der Waals surface area contributed by atoms with Gasteiger partial charge in [-0.3, -0.25) is 9.36 Å². The summed E-state index contributed by atoms with van der Waals surface area (Å²) in [5.41, 5.74) is 0.842. The van der Waals surface area contributed by atoms with Crippen LogP contribution in [0.25, 0.3) is 0 Å². The summed E-state index contributed by atoms with van der Waals surface area (Å²) in [4.78, 5) is 27.0. The van der Waals surface area contributed by atoms with Crippen LogP contribution in [0.5, 0.6) is 0 Å². The molecule has 0 radical (unpaired) electrons. The third kappa shape index (κ3) is 8.07. The molecule has 1 aromatic carbocycles. The van der Waals surface area contributed by atoms with E-state index in [0.717, 1.165) is 5.56 Å². The van der Waals surface area contributed by atoms with Gasteiger partial charge in [0.15, 0.2) is 0 Å². The van der Waals surface area contributed by atoms with Crippen LogP contribution in [0, 0.1) is 0 Å². The molecular formula is C20H32N3O6P. The van der Waals surface area contributed by atoms with Gasteiger partial charge in [0.25, 0.3) is 0 Å². The Kier molecular flexibility index (Phi) is 10.3. The number of rotatable bonds is 11. The molecule has 0 aromatic heterocycles. The Hall–Kier alpha value is -1.93. The average Bonchev–Trinajstić information content (AvgIpc) is 2.76. The number of amides is 2. The van der Waals surface area contributed by atoms with Gasteiger partial charge in [-0.1, -0.05) is 30.3 Å². The van der Waals surface area contributed by atoms with Gasteiger partial charge in [-0.25, -0.2) is 4.79 Å². The lowest BCUT2D eigenvalue weighted by Gasteiger charge is -2.31. The largest absolute Gasteiger partial charge is 0.445 e. The topological polar surface area (TPSA) is 106 Å². The third-order valence-corrected chi connectivity index (χ3v) is 6.68. The van der Waals surface area contributed by atoms with Crippen LogP contribution in [0.1, 0.15) is 25.8 Å². The maximum absolute atomic E-state index is 13.0. The molecule has 168 valence electrons. The molecule has 1 heterocycles. The van der Waals surface area contributed by atoms with Crippen molar-refractivity contribution >= 4 is 19.6 Å². The highest BCUT2D eigenvalue weighted by atomic mass is 31.2. The van der Waals surface area contributed by atoms with Crippen LogP contribution in [-0.2, 0) is 29.8 Å².